The molecule has 0 unspecified atom stereocenters. The summed E-state index contributed by atoms with van der Waals surface area (Å²) in [6, 6.07) is 17.9. The van der Waals surface area contributed by atoms with Crippen LogP contribution in [-0.4, -0.2) is 49.2 Å². The summed E-state index contributed by atoms with van der Waals surface area (Å²) in [6.07, 6.45) is -0.732. The lowest BCUT2D eigenvalue weighted by Gasteiger charge is -2.23. The third-order valence-corrected chi connectivity index (χ3v) is 6.54. The number of carbonyl (C=O) groups excluding carboxylic acids is 2. The predicted octanol–water partition coefficient (Wildman–Crippen LogP) is 4.63. The predicted molar refractivity (Wildman–Crippen MR) is 151 cm³/mol. The highest BCUT2D eigenvalue weighted by Gasteiger charge is 2.43. The van der Waals surface area contributed by atoms with Gasteiger partial charge in [0.1, 0.15) is 12.4 Å². The van der Waals surface area contributed by atoms with Gasteiger partial charge >= 0.3 is 12.1 Å². The Balaban J connectivity index is 1.48. The molecule has 44 heavy (non-hydrogen) atoms. The minimum Gasteiger partial charge on any atom is -0.365 e. The van der Waals surface area contributed by atoms with Gasteiger partial charge in [-0.1, -0.05) is 42.5 Å². The van der Waals surface area contributed by atoms with Gasteiger partial charge in [-0.25, -0.2) is 14.2 Å². The van der Waals surface area contributed by atoms with Crippen molar-refractivity contribution in [3.05, 3.63) is 113 Å². The average molecular weight is 609 g/mol. The van der Waals surface area contributed by atoms with Gasteiger partial charge in [0, 0.05) is 41.1 Å². The lowest BCUT2D eigenvalue weighted by molar-refractivity contribution is -0.239. The number of hydrogen-bond acceptors (Lipinski definition) is 7. The Morgan fingerprint density at radius 3 is 2.50 bits per heavy atom. The van der Waals surface area contributed by atoms with E-state index in [1.165, 1.54) is 42.9 Å². The number of rotatable bonds is 9. The summed E-state index contributed by atoms with van der Waals surface area (Å²) in [6.45, 7) is -1.25. The molecule has 5 rings (SSSR count). The van der Waals surface area contributed by atoms with Crippen molar-refractivity contribution >= 4 is 28.6 Å². The first kappa shape index (κ1) is 29.9. The molecule has 0 saturated heterocycles. The van der Waals surface area contributed by atoms with E-state index < -0.39 is 42.5 Å². The number of carbonyl (C=O) groups is 2. The Kier molecular flexibility index (Phi) is 8.69. The smallest absolute Gasteiger partial charge is 0.365 e. The van der Waals surface area contributed by atoms with Crippen LogP contribution in [0, 0.1) is 5.82 Å². The molecule has 3 aromatic heterocycles. The number of nitrogens with zero attached hydrogens (tertiary/aromatic N) is 4. The maximum absolute atomic E-state index is 14.8. The third kappa shape index (κ3) is 6.91. The van der Waals surface area contributed by atoms with Crippen LogP contribution in [0.15, 0.2) is 90.1 Å². The van der Waals surface area contributed by atoms with Crippen LogP contribution in [0.25, 0.3) is 22.2 Å². The zero-order valence-corrected chi connectivity index (χ0v) is 22.8. The molecule has 3 heterocycles. The van der Waals surface area contributed by atoms with Gasteiger partial charge in [0.15, 0.2) is 5.82 Å². The Morgan fingerprint density at radius 2 is 1.77 bits per heavy atom. The number of aromatic amines is 1. The Labute approximate surface area is 246 Å². The van der Waals surface area contributed by atoms with E-state index in [0.29, 0.717) is 17.3 Å². The zero-order valence-electron chi connectivity index (χ0n) is 22.8. The van der Waals surface area contributed by atoms with Gasteiger partial charge in [-0.15, -0.1) is 0 Å². The van der Waals surface area contributed by atoms with Gasteiger partial charge < -0.3 is 15.1 Å². The number of alkyl halides is 3. The number of nitrogens with one attached hydrogen (secondary N) is 2. The SMILES string of the molecule is O=C(Cn1c(-c2ccccc2F)cnc(NCCc2ccccc2)c1=O)N(Cc1cc2cnccc2[nH]1)OC(=O)C(F)(F)F. The molecule has 0 spiro atoms. The topological polar surface area (TPSA) is 122 Å². The Bertz CT molecular complexity index is 1820. The number of amides is 1. The maximum Gasteiger partial charge on any atom is 0.493 e. The number of halogens is 4. The molecular formula is C30H24F4N6O4. The summed E-state index contributed by atoms with van der Waals surface area (Å²) in [4.78, 5) is 54.3. The molecular weight excluding hydrogens is 584 g/mol. The van der Waals surface area contributed by atoms with Crippen molar-refractivity contribution in [3.8, 4) is 11.3 Å². The summed E-state index contributed by atoms with van der Waals surface area (Å²) in [5.41, 5.74) is 0.731. The lowest BCUT2D eigenvalue weighted by Crippen LogP contribution is -2.41. The number of hydroxylamine groups is 2. The number of aromatic nitrogens is 4. The van der Waals surface area contributed by atoms with E-state index >= 15 is 0 Å². The standard InChI is InChI=1S/C30H24F4N6O4/c31-23-9-5-4-8-22(23)25-16-37-27(36-13-10-19-6-2-1-3-7-19)28(42)39(25)18-26(41)40(44-29(43)30(32,33)34)17-21-14-20-15-35-12-11-24(20)38-21/h1-9,11-12,14-16,38H,10,13,17-18H2,(H,36,37). The van der Waals surface area contributed by atoms with Crippen LogP contribution in [0.3, 0.4) is 0 Å². The molecule has 0 radical (unpaired) electrons. The Morgan fingerprint density at radius 1 is 1.02 bits per heavy atom. The summed E-state index contributed by atoms with van der Waals surface area (Å²) < 4.78 is 55.1. The molecule has 2 aromatic carbocycles. The number of hydrogen-bond donors (Lipinski definition) is 2. The van der Waals surface area contributed by atoms with Crippen molar-refractivity contribution in [2.75, 3.05) is 11.9 Å². The van der Waals surface area contributed by atoms with Crippen molar-refractivity contribution in [3.63, 3.8) is 0 Å². The van der Waals surface area contributed by atoms with Crippen molar-refractivity contribution in [2.24, 2.45) is 0 Å². The van der Waals surface area contributed by atoms with Crippen LogP contribution in [0.4, 0.5) is 23.4 Å². The van der Waals surface area contributed by atoms with Crippen molar-refractivity contribution in [2.45, 2.75) is 25.7 Å². The van der Waals surface area contributed by atoms with Crippen LogP contribution >= 0.6 is 0 Å². The van der Waals surface area contributed by atoms with E-state index in [0.717, 1.165) is 16.2 Å². The first-order valence-corrected chi connectivity index (χ1v) is 13.2. The van der Waals surface area contributed by atoms with Crippen molar-refractivity contribution < 1.29 is 32.0 Å². The molecule has 5 aromatic rings. The molecule has 0 atom stereocenters. The first-order chi connectivity index (χ1) is 21.1. The second kappa shape index (κ2) is 12.8. The van der Waals surface area contributed by atoms with Gasteiger partial charge in [0.05, 0.1) is 18.4 Å². The van der Waals surface area contributed by atoms with Crippen LogP contribution in [0.5, 0.6) is 0 Å². The van der Waals surface area contributed by atoms with E-state index in [1.54, 1.807) is 6.07 Å². The number of anilines is 1. The normalized spacial score (nSPS) is 11.4. The molecule has 10 nitrogen and oxygen atoms in total. The highest BCUT2D eigenvalue weighted by molar-refractivity contribution is 5.82. The van der Waals surface area contributed by atoms with Crippen LogP contribution in [-0.2, 0) is 33.9 Å². The molecule has 2 N–H and O–H groups in total. The molecule has 1 amide bonds. The minimum absolute atomic E-state index is 0.0808. The van der Waals surface area contributed by atoms with E-state index in [1.807, 2.05) is 30.3 Å². The van der Waals surface area contributed by atoms with Gasteiger partial charge in [-0.3, -0.25) is 19.1 Å². The summed E-state index contributed by atoms with van der Waals surface area (Å²) in [7, 11) is 0. The maximum atomic E-state index is 14.8. The quantitative estimate of drug-likeness (QED) is 0.185. The first-order valence-electron chi connectivity index (χ1n) is 13.2. The Hall–Kier alpha value is -5.53. The number of pyridine rings is 1. The van der Waals surface area contributed by atoms with Crippen LogP contribution in [0.1, 0.15) is 11.3 Å². The van der Waals surface area contributed by atoms with Crippen molar-refractivity contribution in [1.29, 1.82) is 0 Å². The number of benzene rings is 2. The molecule has 0 saturated carbocycles. The van der Waals surface area contributed by atoms with Gasteiger partial charge in [0.2, 0.25) is 0 Å². The zero-order chi connectivity index (χ0) is 31.3. The van der Waals surface area contributed by atoms with Gasteiger partial charge in [-0.05, 0) is 36.2 Å². The minimum atomic E-state index is -5.41. The van der Waals surface area contributed by atoms with Crippen LogP contribution < -0.4 is 10.9 Å². The van der Waals surface area contributed by atoms with E-state index in [2.05, 4.69) is 25.1 Å². The second-order valence-electron chi connectivity index (χ2n) is 9.59. The summed E-state index contributed by atoms with van der Waals surface area (Å²) in [5.74, 6) is -4.73. The second-order valence-corrected chi connectivity index (χ2v) is 9.59. The molecule has 226 valence electrons. The van der Waals surface area contributed by atoms with E-state index in [4.69, 9.17) is 0 Å². The van der Waals surface area contributed by atoms with Crippen molar-refractivity contribution in [1.82, 2.24) is 24.6 Å². The summed E-state index contributed by atoms with van der Waals surface area (Å²) in [5, 5.41) is 3.69. The molecule has 0 bridgehead atoms. The largest absolute Gasteiger partial charge is 0.493 e. The monoisotopic (exact) mass is 608 g/mol. The average Bonchev–Trinajstić information content (AvgIpc) is 3.41. The molecule has 0 aliphatic heterocycles. The van der Waals surface area contributed by atoms with Crippen LogP contribution in [0.2, 0.25) is 0 Å². The third-order valence-electron chi connectivity index (χ3n) is 6.54. The highest BCUT2D eigenvalue weighted by atomic mass is 19.4. The molecule has 14 heteroatoms. The fourth-order valence-corrected chi connectivity index (χ4v) is 4.43. The molecule has 0 aliphatic carbocycles. The fourth-order valence-electron chi connectivity index (χ4n) is 4.43. The summed E-state index contributed by atoms with van der Waals surface area (Å²) >= 11 is 0. The number of H-pyrrole nitrogens is 1. The fraction of sp³-hybridized carbons (Fsp3) is 0.167. The van der Waals surface area contributed by atoms with Gasteiger partial charge in [0.25, 0.3) is 11.5 Å². The number of fused-ring (bicyclic) bond motifs is 1. The van der Waals surface area contributed by atoms with E-state index in [9.17, 15) is 31.9 Å². The highest BCUT2D eigenvalue weighted by Crippen LogP contribution is 2.23. The van der Waals surface area contributed by atoms with E-state index in [-0.39, 0.29) is 34.4 Å². The lowest BCUT2D eigenvalue weighted by atomic mass is 10.1. The molecule has 0 fully saturated rings. The van der Waals surface area contributed by atoms with Gasteiger partial charge in [-0.2, -0.15) is 18.2 Å². The molecule has 0 aliphatic rings.